The van der Waals surface area contributed by atoms with Gasteiger partial charge < -0.3 is 87.4 Å². The second-order valence-electron chi connectivity index (χ2n) is 18.4. The minimum absolute atomic E-state index is 0.00634. The molecule has 6 aromatic rings. The van der Waals surface area contributed by atoms with Gasteiger partial charge in [0.1, 0.15) is 30.2 Å². The number of nitrogens with two attached hydrogens (primary N) is 8. The Hall–Kier alpha value is -9.13. The quantitative estimate of drug-likeness (QED) is 0.0146. The molecule has 0 saturated carbocycles. The van der Waals surface area contributed by atoms with Gasteiger partial charge in [0.15, 0.2) is 17.9 Å². The van der Waals surface area contributed by atoms with Crippen molar-refractivity contribution in [2.45, 2.75) is 94.0 Å². The van der Waals surface area contributed by atoms with E-state index in [9.17, 15) is 28.8 Å². The Kier molecular flexibility index (Phi) is 20.1. The third-order valence-electron chi connectivity index (χ3n) is 12.7. The third-order valence-corrected chi connectivity index (χ3v) is 12.7. The standard InChI is InChI=1S/C51H69N19O6/c52-34(13-7-19-60-49(54)55)44(72)69-41(23-29-26-64-36-15-5-2-11-32(29)36)47(75)67-39(18-9-21-62-51(58)59)46(74)70-42(24-30-27-65-37-16-6-3-12-33(30)37)48(76)66-38(17-8-20-61-50(56)57)45(73)68-40(43(53)71)22-28-25-63-35-14-4-1-10-31(28)35/h1-6,10-12,14-16,25-27,34,38-42,63-65H,7-9,13,17-24,52H2,(H2,53,71)(H,66,76)(H,67,75)(H,68,73)(H,69,72)(H,70,74)(H4,54,55,60)(H4,56,57,61)(H4,58,59,62)/t34-,38-,39-,40-,41-,42-/m0/s1. The Morgan fingerprint density at radius 3 is 1.08 bits per heavy atom. The van der Waals surface area contributed by atoms with Crippen LogP contribution in [0.15, 0.2) is 106 Å². The van der Waals surface area contributed by atoms with E-state index in [0.29, 0.717) is 17.5 Å². The van der Waals surface area contributed by atoms with Crippen molar-refractivity contribution in [2.75, 3.05) is 19.6 Å². The summed E-state index contributed by atoms with van der Waals surface area (Å²) in [6.45, 7) is 0.406. The first-order chi connectivity index (χ1) is 36.5. The van der Waals surface area contributed by atoms with Crippen molar-refractivity contribution in [2.24, 2.45) is 60.8 Å². The average molecular weight is 1040 g/mol. The van der Waals surface area contributed by atoms with Gasteiger partial charge in [-0.2, -0.15) is 0 Å². The first-order valence-electron chi connectivity index (χ1n) is 24.8. The molecule has 0 unspecified atom stereocenters. The lowest BCUT2D eigenvalue weighted by atomic mass is 10.0. The molecule has 0 radical (unpaired) electrons. The highest BCUT2D eigenvalue weighted by molar-refractivity contribution is 5.98. The van der Waals surface area contributed by atoms with E-state index in [0.717, 1.165) is 38.3 Å². The number of hydrogen-bond acceptors (Lipinski definition) is 10. The number of H-pyrrole nitrogens is 3. The molecule has 0 aliphatic heterocycles. The summed E-state index contributed by atoms with van der Waals surface area (Å²) in [5.41, 5.74) is 49.9. The van der Waals surface area contributed by atoms with E-state index in [1.54, 1.807) is 18.6 Å². The van der Waals surface area contributed by atoms with Crippen LogP contribution >= 0.6 is 0 Å². The van der Waals surface area contributed by atoms with Crippen LogP contribution in [0.25, 0.3) is 32.7 Å². The number of guanidine groups is 3. The highest BCUT2D eigenvalue weighted by Gasteiger charge is 2.34. The van der Waals surface area contributed by atoms with Gasteiger partial charge in [-0.1, -0.05) is 54.6 Å². The number of benzene rings is 3. The molecule has 25 nitrogen and oxygen atoms in total. The highest BCUT2D eigenvalue weighted by Crippen LogP contribution is 2.22. The molecule has 0 spiro atoms. The number of fused-ring (bicyclic) bond motifs is 3. The second kappa shape index (κ2) is 27.2. The van der Waals surface area contributed by atoms with Gasteiger partial charge in [-0.05, 0) is 73.4 Å². The Bertz CT molecular complexity index is 3060. The molecule has 0 aliphatic rings. The molecule has 404 valence electrons. The van der Waals surface area contributed by atoms with Crippen LogP contribution < -0.4 is 72.5 Å². The Morgan fingerprint density at radius 1 is 0.408 bits per heavy atom. The molecule has 0 bridgehead atoms. The van der Waals surface area contributed by atoms with Crippen LogP contribution in [0.3, 0.4) is 0 Å². The third kappa shape index (κ3) is 16.2. The summed E-state index contributed by atoms with van der Waals surface area (Å²) < 4.78 is 0. The lowest BCUT2D eigenvalue weighted by Crippen LogP contribution is -2.60. The molecule has 6 rings (SSSR count). The summed E-state index contributed by atoms with van der Waals surface area (Å²) in [7, 11) is 0. The first-order valence-corrected chi connectivity index (χ1v) is 24.8. The van der Waals surface area contributed by atoms with Crippen LogP contribution in [0.1, 0.15) is 55.2 Å². The molecular formula is C51H69N19O6. The van der Waals surface area contributed by atoms with Gasteiger partial charge >= 0.3 is 0 Å². The van der Waals surface area contributed by atoms with Crippen LogP contribution in [0.5, 0.6) is 0 Å². The zero-order chi connectivity index (χ0) is 54.7. The van der Waals surface area contributed by atoms with E-state index in [1.165, 1.54) is 0 Å². The van der Waals surface area contributed by atoms with E-state index in [-0.39, 0.29) is 88.9 Å². The number of aromatic amines is 3. The van der Waals surface area contributed by atoms with Gasteiger partial charge in [-0.15, -0.1) is 0 Å². The van der Waals surface area contributed by atoms with Crippen molar-refractivity contribution in [1.82, 2.24) is 41.5 Å². The maximum atomic E-state index is 14.8. The molecule has 76 heavy (non-hydrogen) atoms. The zero-order valence-electron chi connectivity index (χ0n) is 42.0. The topological polar surface area (TPSA) is 455 Å². The summed E-state index contributed by atoms with van der Waals surface area (Å²) in [6, 6.07) is 14.7. The Labute approximate surface area is 437 Å². The number of hydrogen-bond donors (Lipinski definition) is 16. The predicted octanol–water partition coefficient (Wildman–Crippen LogP) is -1.44. The highest BCUT2D eigenvalue weighted by atomic mass is 16.2. The summed E-state index contributed by atoms with van der Waals surface area (Å²) in [6.07, 6.45) is 6.02. The van der Waals surface area contributed by atoms with Gasteiger partial charge in [0.2, 0.25) is 35.4 Å². The maximum absolute atomic E-state index is 14.8. The van der Waals surface area contributed by atoms with E-state index < -0.39 is 71.7 Å². The van der Waals surface area contributed by atoms with Gasteiger partial charge in [0, 0.05) is 90.2 Å². The number of aromatic nitrogens is 3. The molecule has 3 aromatic heterocycles. The minimum Gasteiger partial charge on any atom is -0.370 e. The zero-order valence-corrected chi connectivity index (χ0v) is 42.0. The lowest BCUT2D eigenvalue weighted by Gasteiger charge is -2.27. The summed E-state index contributed by atoms with van der Waals surface area (Å²) >= 11 is 0. The van der Waals surface area contributed by atoms with Crippen molar-refractivity contribution in [3.05, 3.63) is 108 Å². The Balaban J connectivity index is 1.29. The maximum Gasteiger partial charge on any atom is 0.243 e. The van der Waals surface area contributed by atoms with E-state index in [4.69, 9.17) is 45.9 Å². The number of nitrogens with zero attached hydrogens (tertiary/aromatic N) is 3. The number of primary amides is 1. The average Bonchev–Trinajstić information content (AvgIpc) is 4.13. The van der Waals surface area contributed by atoms with Crippen molar-refractivity contribution < 1.29 is 28.8 Å². The number of para-hydroxylation sites is 3. The summed E-state index contributed by atoms with van der Waals surface area (Å²) in [5.74, 6) is -4.95. The number of carbonyl (C=O) groups is 6. The molecule has 6 atom stereocenters. The fraction of sp³-hybridized carbons (Fsp3) is 0.353. The van der Waals surface area contributed by atoms with E-state index in [2.05, 4.69) is 56.5 Å². The fourth-order valence-corrected chi connectivity index (χ4v) is 8.77. The van der Waals surface area contributed by atoms with Crippen LogP contribution in [-0.2, 0) is 48.0 Å². The van der Waals surface area contributed by atoms with Gasteiger partial charge in [0.05, 0.1) is 6.04 Å². The van der Waals surface area contributed by atoms with E-state index >= 15 is 0 Å². The van der Waals surface area contributed by atoms with Crippen molar-refractivity contribution in [3.63, 3.8) is 0 Å². The first kappa shape index (κ1) is 56.2. The van der Waals surface area contributed by atoms with Crippen molar-refractivity contribution in [3.8, 4) is 0 Å². The number of nitrogens with one attached hydrogen (secondary N) is 8. The molecule has 0 aliphatic carbocycles. The van der Waals surface area contributed by atoms with E-state index in [1.807, 2.05) is 72.8 Å². The fourth-order valence-electron chi connectivity index (χ4n) is 8.77. The molecule has 3 aromatic carbocycles. The van der Waals surface area contributed by atoms with Crippen LogP contribution in [0, 0.1) is 0 Å². The summed E-state index contributed by atoms with van der Waals surface area (Å²) in [4.78, 5) is 107. The number of carbonyl (C=O) groups excluding carboxylic acids is 6. The van der Waals surface area contributed by atoms with Crippen molar-refractivity contribution in [1.29, 1.82) is 0 Å². The predicted molar refractivity (Wildman–Crippen MR) is 293 cm³/mol. The van der Waals surface area contributed by atoms with Gasteiger partial charge in [-0.25, -0.2) is 0 Å². The largest absolute Gasteiger partial charge is 0.370 e. The van der Waals surface area contributed by atoms with Gasteiger partial charge in [-0.3, -0.25) is 43.7 Å². The monoisotopic (exact) mass is 1040 g/mol. The number of rotatable bonds is 29. The molecule has 0 fully saturated rings. The van der Waals surface area contributed by atoms with Crippen LogP contribution in [0.4, 0.5) is 0 Å². The second-order valence-corrected chi connectivity index (χ2v) is 18.4. The Morgan fingerprint density at radius 2 is 0.711 bits per heavy atom. The smallest absolute Gasteiger partial charge is 0.243 e. The molecule has 25 heteroatoms. The number of amides is 6. The molecular weight excluding hydrogens is 975 g/mol. The SMILES string of the molecule is NC(=O)[C@H](Cc1c[nH]c2ccccc12)NC(=O)[C@H](CCCN=C(N)N)NC(=O)[C@H](Cc1c[nH]c2ccccc12)NC(=O)[C@H](CCCN=C(N)N)NC(=O)[C@H](Cc1c[nH]c2ccccc12)NC(=O)[C@@H](N)CCCN=C(N)N. The van der Waals surface area contributed by atoms with Crippen LogP contribution in [0.2, 0.25) is 0 Å². The molecule has 3 heterocycles. The van der Waals surface area contributed by atoms with Crippen molar-refractivity contribution >= 4 is 86.0 Å². The van der Waals surface area contributed by atoms with Gasteiger partial charge in [0.25, 0.3) is 0 Å². The molecule has 6 amide bonds. The lowest BCUT2D eigenvalue weighted by molar-refractivity contribution is -0.135. The number of aliphatic imine (C=N–C) groups is 3. The normalized spacial score (nSPS) is 13.5. The van der Waals surface area contributed by atoms with Crippen LogP contribution in [-0.4, -0.2) is 124 Å². The molecule has 24 N–H and O–H groups in total. The minimum atomic E-state index is -1.38. The summed E-state index contributed by atoms with van der Waals surface area (Å²) in [5, 5.41) is 16.4. The molecule has 0 saturated heterocycles.